The van der Waals surface area contributed by atoms with Crippen LogP contribution in [0.3, 0.4) is 0 Å². The van der Waals surface area contributed by atoms with Crippen LogP contribution in [-0.4, -0.2) is 44.2 Å². The largest absolute Gasteiger partial charge is 0.357 e. The summed E-state index contributed by atoms with van der Waals surface area (Å²) >= 11 is 3.96. The monoisotopic (exact) mass is 265 g/mol. The number of thiol groups is 1. The summed E-state index contributed by atoms with van der Waals surface area (Å²) in [6, 6.07) is -0.561. The molecule has 0 rings (SSSR count). The van der Waals surface area contributed by atoms with Gasteiger partial charge >= 0.3 is 0 Å². The molecule has 0 bridgehead atoms. The Morgan fingerprint density at radius 3 is 1.88 bits per heavy atom. The molecule has 6 heteroatoms. The number of amides is 2. The number of carbonyl (C=O) groups excluding carboxylic acids is 2. The van der Waals surface area contributed by atoms with Gasteiger partial charge in [-0.1, -0.05) is 27.7 Å². The molecule has 3 N–H and O–H groups in total. The summed E-state index contributed by atoms with van der Waals surface area (Å²) in [5, 5.41) is 7.65. The first-order valence-corrected chi connectivity index (χ1v) is 6.55. The Balaban J connectivity index is -0.000000439. The van der Waals surface area contributed by atoms with Crippen molar-refractivity contribution in [3.8, 4) is 0 Å². The number of hydrogen-bond acceptors (Lipinski definition) is 4. The fourth-order valence-electron chi connectivity index (χ4n) is 0.774. The molecule has 0 aromatic heterocycles. The molecule has 5 nitrogen and oxygen atoms in total. The van der Waals surface area contributed by atoms with Crippen molar-refractivity contribution in [3.05, 3.63) is 0 Å². The molecule has 0 radical (unpaired) electrons. The van der Waals surface area contributed by atoms with E-state index in [-0.39, 0.29) is 24.1 Å². The van der Waals surface area contributed by atoms with E-state index in [4.69, 9.17) is 0 Å². The van der Waals surface area contributed by atoms with Gasteiger partial charge in [0, 0.05) is 12.8 Å². The van der Waals surface area contributed by atoms with Crippen LogP contribution in [0.15, 0.2) is 0 Å². The predicted molar refractivity (Wildman–Crippen MR) is 76.5 cm³/mol. The van der Waals surface area contributed by atoms with Crippen molar-refractivity contribution in [2.24, 2.45) is 0 Å². The zero-order valence-corrected chi connectivity index (χ0v) is 12.6. The molecule has 0 heterocycles. The molecule has 17 heavy (non-hydrogen) atoms. The lowest BCUT2D eigenvalue weighted by Crippen LogP contribution is -2.48. The summed E-state index contributed by atoms with van der Waals surface area (Å²) in [4.78, 5) is 22.1. The summed E-state index contributed by atoms with van der Waals surface area (Å²) < 4.78 is 0. The van der Waals surface area contributed by atoms with E-state index in [1.807, 2.05) is 27.7 Å². The zero-order chi connectivity index (χ0) is 14.3. The average Bonchev–Trinajstić information content (AvgIpc) is 2.40. The molecule has 0 aliphatic heterocycles. The van der Waals surface area contributed by atoms with E-state index in [9.17, 15) is 9.59 Å². The van der Waals surface area contributed by atoms with Crippen LogP contribution in [0.1, 0.15) is 27.7 Å². The number of rotatable bonds is 5. The van der Waals surface area contributed by atoms with Crippen molar-refractivity contribution in [1.29, 1.82) is 0 Å². The van der Waals surface area contributed by atoms with Crippen LogP contribution in [0.4, 0.5) is 0 Å². The van der Waals surface area contributed by atoms with E-state index in [2.05, 4.69) is 28.6 Å². The maximum Gasteiger partial charge on any atom is 0.243 e. The summed E-state index contributed by atoms with van der Waals surface area (Å²) in [6.07, 6.45) is 0. The summed E-state index contributed by atoms with van der Waals surface area (Å²) in [7, 11) is 3.18. The van der Waals surface area contributed by atoms with E-state index in [1.165, 1.54) is 7.05 Å². The van der Waals surface area contributed by atoms with Crippen LogP contribution in [0.5, 0.6) is 0 Å². The van der Waals surface area contributed by atoms with Gasteiger partial charge in [0.2, 0.25) is 11.8 Å². The van der Waals surface area contributed by atoms with Gasteiger partial charge in [-0.15, -0.1) is 0 Å². The van der Waals surface area contributed by atoms with Crippen molar-refractivity contribution < 1.29 is 9.59 Å². The minimum absolute atomic E-state index is 0.196. The van der Waals surface area contributed by atoms with Crippen LogP contribution in [0, 0.1) is 0 Å². The molecule has 0 aromatic rings. The van der Waals surface area contributed by atoms with E-state index >= 15 is 0 Å². The van der Waals surface area contributed by atoms with Crippen LogP contribution in [-0.2, 0) is 9.59 Å². The Bertz CT molecular complexity index is 190. The number of carbonyl (C=O) groups is 2. The molecule has 1 atom stereocenters. The Hall–Kier alpha value is -0.750. The highest BCUT2D eigenvalue weighted by Crippen LogP contribution is 1.87. The van der Waals surface area contributed by atoms with Crippen molar-refractivity contribution >= 4 is 24.4 Å². The molecular weight excluding hydrogens is 238 g/mol. The fraction of sp³-hybridized carbons (Fsp3) is 0.818. The number of likely N-dealkylation sites (N-methyl/N-ethyl adjacent to an activating group) is 2. The molecule has 1 unspecified atom stereocenters. The van der Waals surface area contributed by atoms with Gasteiger partial charge in [-0.25, -0.2) is 0 Å². The normalized spacial score (nSPS) is 9.82. The van der Waals surface area contributed by atoms with Gasteiger partial charge in [0.15, 0.2) is 0 Å². The smallest absolute Gasteiger partial charge is 0.243 e. The zero-order valence-electron chi connectivity index (χ0n) is 11.8. The molecule has 104 valence electrons. The van der Waals surface area contributed by atoms with E-state index in [0.717, 1.165) is 0 Å². The quantitative estimate of drug-likeness (QED) is 0.545. The third-order valence-electron chi connectivity index (χ3n) is 1.42. The molecule has 2 amide bonds. The topological polar surface area (TPSA) is 70.2 Å². The lowest BCUT2D eigenvalue weighted by Gasteiger charge is -2.14. The van der Waals surface area contributed by atoms with E-state index < -0.39 is 6.04 Å². The molecule has 0 fully saturated rings. The van der Waals surface area contributed by atoms with Crippen LogP contribution in [0.25, 0.3) is 0 Å². The van der Waals surface area contributed by atoms with Crippen LogP contribution >= 0.6 is 12.6 Å². The van der Waals surface area contributed by atoms with Gasteiger partial charge in [-0.3, -0.25) is 9.59 Å². The third kappa shape index (κ3) is 13.2. The Kier molecular flexibility index (Phi) is 22.3. The SMILES string of the molecule is CC.CC.CNCC(=O)NC(CS)C(=O)NC. The number of nitrogens with one attached hydrogen (secondary N) is 3. The predicted octanol–water partition coefficient (Wildman–Crippen LogP) is 0.419. The molecule has 0 spiro atoms. The van der Waals surface area contributed by atoms with Crippen molar-refractivity contribution in [3.63, 3.8) is 0 Å². The molecule has 0 aliphatic rings. The minimum atomic E-state index is -0.561. The number of hydrogen-bond donors (Lipinski definition) is 4. The minimum Gasteiger partial charge on any atom is -0.357 e. The van der Waals surface area contributed by atoms with E-state index in [1.54, 1.807) is 7.05 Å². The summed E-state index contributed by atoms with van der Waals surface area (Å²) in [5.41, 5.74) is 0. The standard InChI is InChI=1S/C7H15N3O2S.2C2H6/c1-8-3-6(11)10-5(4-13)7(12)9-2;2*1-2/h5,8,13H,3-4H2,1-2H3,(H,9,12)(H,10,11);2*1-2H3. The highest BCUT2D eigenvalue weighted by atomic mass is 32.1. The summed E-state index contributed by atoms with van der Waals surface area (Å²) in [5.74, 6) is -0.167. The third-order valence-corrected chi connectivity index (χ3v) is 1.78. The highest BCUT2D eigenvalue weighted by molar-refractivity contribution is 7.80. The second kappa shape index (κ2) is 17.6. The van der Waals surface area contributed by atoms with Crippen LogP contribution < -0.4 is 16.0 Å². The maximum absolute atomic E-state index is 11.1. The maximum atomic E-state index is 11.1. The molecule has 0 aliphatic carbocycles. The first kappa shape index (κ1) is 21.5. The van der Waals surface area contributed by atoms with E-state index in [0.29, 0.717) is 0 Å². The molecule has 0 saturated carbocycles. The average molecular weight is 265 g/mol. The molecule has 0 aromatic carbocycles. The first-order chi connectivity index (χ1) is 8.15. The first-order valence-electron chi connectivity index (χ1n) is 5.92. The lowest BCUT2D eigenvalue weighted by molar-refractivity contribution is -0.127. The van der Waals surface area contributed by atoms with Crippen LogP contribution in [0.2, 0.25) is 0 Å². The van der Waals surface area contributed by atoms with Gasteiger partial charge in [0.1, 0.15) is 6.04 Å². The van der Waals surface area contributed by atoms with Crippen molar-refractivity contribution in [2.75, 3.05) is 26.4 Å². The van der Waals surface area contributed by atoms with Crippen molar-refractivity contribution in [1.82, 2.24) is 16.0 Å². The Morgan fingerprint density at radius 1 is 1.12 bits per heavy atom. The van der Waals surface area contributed by atoms with Crippen molar-refractivity contribution in [2.45, 2.75) is 33.7 Å². The summed E-state index contributed by atoms with van der Waals surface area (Å²) in [6.45, 7) is 8.20. The molecular formula is C11H27N3O2S. The lowest BCUT2D eigenvalue weighted by atomic mass is 10.3. The van der Waals surface area contributed by atoms with Gasteiger partial charge in [-0.05, 0) is 7.05 Å². The Labute approximate surface area is 111 Å². The second-order valence-electron chi connectivity index (χ2n) is 2.45. The molecule has 0 saturated heterocycles. The van der Waals surface area contributed by atoms with Gasteiger partial charge in [0.25, 0.3) is 0 Å². The van der Waals surface area contributed by atoms with Gasteiger partial charge < -0.3 is 16.0 Å². The second-order valence-corrected chi connectivity index (χ2v) is 2.81. The van der Waals surface area contributed by atoms with Gasteiger partial charge in [-0.2, -0.15) is 12.6 Å². The highest BCUT2D eigenvalue weighted by Gasteiger charge is 2.16. The fourth-order valence-corrected chi connectivity index (χ4v) is 1.03. The van der Waals surface area contributed by atoms with Gasteiger partial charge in [0.05, 0.1) is 6.54 Å². The Morgan fingerprint density at radius 2 is 1.59 bits per heavy atom.